The second-order valence-electron chi connectivity index (χ2n) is 4.21. The largest absolute Gasteiger partial charge is 0.506 e. The smallest absolute Gasteiger partial charge is 0.254 e. The van der Waals surface area contributed by atoms with Crippen LogP contribution in [-0.4, -0.2) is 40.0 Å². The van der Waals surface area contributed by atoms with Crippen LogP contribution in [0.3, 0.4) is 0 Å². The van der Waals surface area contributed by atoms with Crippen molar-refractivity contribution >= 4 is 23.4 Å². The average Bonchev–Trinajstić information content (AvgIpc) is 2.32. The molecule has 17 heavy (non-hydrogen) atoms. The molecule has 1 aromatic carbocycles. The van der Waals surface area contributed by atoms with Crippen LogP contribution in [0.5, 0.6) is 5.75 Å². The van der Waals surface area contributed by atoms with Crippen LogP contribution >= 0.6 is 11.8 Å². The molecule has 1 fully saturated rings. The van der Waals surface area contributed by atoms with Gasteiger partial charge in [0.2, 0.25) is 0 Å². The number of amides is 1. The molecule has 4 nitrogen and oxygen atoms in total. The molecule has 0 aliphatic carbocycles. The Morgan fingerprint density at radius 1 is 1.59 bits per heavy atom. The Morgan fingerprint density at radius 2 is 2.35 bits per heavy atom. The fraction of sp³-hybridized carbons (Fsp3) is 0.417. The van der Waals surface area contributed by atoms with E-state index >= 15 is 0 Å². The summed E-state index contributed by atoms with van der Waals surface area (Å²) < 4.78 is 0. The lowest BCUT2D eigenvalue weighted by Gasteiger charge is -2.30. The SMILES string of the molecule is CC1CN(C(=O)c2ccc(N)c(O)c2)CCS1. The number of thioether (sulfide) groups is 1. The third-order valence-corrected chi connectivity index (χ3v) is 3.94. The first-order valence-electron chi connectivity index (χ1n) is 5.57. The molecule has 0 spiro atoms. The third-order valence-electron chi connectivity index (χ3n) is 2.81. The fourth-order valence-electron chi connectivity index (χ4n) is 1.86. The minimum atomic E-state index is -0.0348. The standard InChI is InChI=1S/C12H16N2O2S/c1-8-7-14(4-5-17-8)12(16)9-2-3-10(13)11(15)6-9/h2-3,6,8,15H,4-5,7,13H2,1H3. The number of phenols is 1. The number of phenolic OH excluding ortho intramolecular Hbond substituents is 1. The highest BCUT2D eigenvalue weighted by atomic mass is 32.2. The maximum Gasteiger partial charge on any atom is 0.254 e. The van der Waals surface area contributed by atoms with Crippen LogP contribution in [0.4, 0.5) is 5.69 Å². The molecule has 5 heteroatoms. The van der Waals surface area contributed by atoms with Gasteiger partial charge in [0.15, 0.2) is 0 Å². The molecule has 0 radical (unpaired) electrons. The van der Waals surface area contributed by atoms with E-state index in [1.165, 1.54) is 6.07 Å². The number of nitrogen functional groups attached to an aromatic ring is 1. The third kappa shape index (κ3) is 2.66. The van der Waals surface area contributed by atoms with Crippen LogP contribution in [0.1, 0.15) is 17.3 Å². The zero-order valence-corrected chi connectivity index (χ0v) is 10.5. The minimum absolute atomic E-state index is 0.0321. The normalized spacial score (nSPS) is 20.3. The fourth-order valence-corrected chi connectivity index (χ4v) is 2.88. The van der Waals surface area contributed by atoms with E-state index in [9.17, 15) is 9.90 Å². The van der Waals surface area contributed by atoms with E-state index in [1.807, 2.05) is 16.7 Å². The van der Waals surface area contributed by atoms with Crippen LogP contribution in [0.2, 0.25) is 0 Å². The van der Waals surface area contributed by atoms with E-state index in [0.717, 1.165) is 18.8 Å². The first-order valence-corrected chi connectivity index (χ1v) is 6.62. The quantitative estimate of drug-likeness (QED) is 0.588. The van der Waals surface area contributed by atoms with Crippen molar-refractivity contribution in [2.24, 2.45) is 0 Å². The Hall–Kier alpha value is -1.36. The number of benzene rings is 1. The highest BCUT2D eigenvalue weighted by molar-refractivity contribution is 7.99. The Balaban J connectivity index is 2.15. The zero-order valence-electron chi connectivity index (χ0n) is 9.72. The molecule has 1 heterocycles. The zero-order chi connectivity index (χ0) is 12.4. The van der Waals surface area contributed by atoms with Gasteiger partial charge in [-0.3, -0.25) is 4.79 Å². The number of rotatable bonds is 1. The molecule has 0 bridgehead atoms. The van der Waals surface area contributed by atoms with Gasteiger partial charge < -0.3 is 15.7 Å². The van der Waals surface area contributed by atoms with Gasteiger partial charge in [0.05, 0.1) is 5.69 Å². The molecule has 1 saturated heterocycles. The Labute approximate surface area is 105 Å². The van der Waals surface area contributed by atoms with Gasteiger partial charge in [-0.1, -0.05) is 6.92 Å². The van der Waals surface area contributed by atoms with Gasteiger partial charge in [-0.2, -0.15) is 11.8 Å². The molecule has 1 aromatic rings. The molecule has 3 N–H and O–H groups in total. The van der Waals surface area contributed by atoms with Crippen LogP contribution in [0.15, 0.2) is 18.2 Å². The van der Waals surface area contributed by atoms with Crippen molar-refractivity contribution in [1.29, 1.82) is 0 Å². The number of carbonyl (C=O) groups excluding carboxylic acids is 1. The van der Waals surface area contributed by atoms with Crippen molar-refractivity contribution in [3.63, 3.8) is 0 Å². The monoisotopic (exact) mass is 252 g/mol. The second kappa shape index (κ2) is 4.87. The van der Waals surface area contributed by atoms with E-state index in [4.69, 9.17) is 5.73 Å². The summed E-state index contributed by atoms with van der Waals surface area (Å²) in [7, 11) is 0. The Bertz CT molecular complexity index is 437. The summed E-state index contributed by atoms with van der Waals surface area (Å²) in [5, 5.41) is 9.97. The summed E-state index contributed by atoms with van der Waals surface area (Å²) in [6.45, 7) is 3.64. The molecule has 1 aliphatic rings. The van der Waals surface area contributed by atoms with Gasteiger partial charge >= 0.3 is 0 Å². The molecule has 1 atom stereocenters. The molecule has 0 saturated carbocycles. The number of nitrogens with zero attached hydrogens (tertiary/aromatic N) is 1. The van der Waals surface area contributed by atoms with Crippen LogP contribution in [0.25, 0.3) is 0 Å². The highest BCUT2D eigenvalue weighted by Crippen LogP contribution is 2.24. The lowest BCUT2D eigenvalue weighted by Crippen LogP contribution is -2.41. The summed E-state index contributed by atoms with van der Waals surface area (Å²) in [4.78, 5) is 14.0. The lowest BCUT2D eigenvalue weighted by molar-refractivity contribution is 0.0763. The summed E-state index contributed by atoms with van der Waals surface area (Å²) in [6.07, 6.45) is 0. The van der Waals surface area contributed by atoms with Gasteiger partial charge in [0, 0.05) is 29.7 Å². The van der Waals surface area contributed by atoms with Gasteiger partial charge in [0.25, 0.3) is 5.91 Å². The molecule has 1 unspecified atom stereocenters. The van der Waals surface area contributed by atoms with E-state index in [0.29, 0.717) is 16.5 Å². The van der Waals surface area contributed by atoms with Gasteiger partial charge in [-0.25, -0.2) is 0 Å². The number of carbonyl (C=O) groups is 1. The highest BCUT2D eigenvalue weighted by Gasteiger charge is 2.22. The summed E-state index contributed by atoms with van der Waals surface area (Å²) in [5.41, 5.74) is 6.30. The van der Waals surface area contributed by atoms with Crippen molar-refractivity contribution in [2.75, 3.05) is 24.6 Å². The average molecular weight is 252 g/mol. The molecule has 0 aromatic heterocycles. The maximum absolute atomic E-state index is 12.2. The van der Waals surface area contributed by atoms with Crippen molar-refractivity contribution < 1.29 is 9.90 Å². The predicted molar refractivity (Wildman–Crippen MR) is 70.3 cm³/mol. The number of hydrogen-bond donors (Lipinski definition) is 2. The second-order valence-corrected chi connectivity index (χ2v) is 5.75. The molecule has 1 amide bonds. The molecule has 92 valence electrons. The number of aromatic hydroxyl groups is 1. The van der Waals surface area contributed by atoms with Crippen LogP contribution in [-0.2, 0) is 0 Å². The van der Waals surface area contributed by atoms with Gasteiger partial charge in [-0.15, -0.1) is 0 Å². The topological polar surface area (TPSA) is 66.6 Å². The first kappa shape index (κ1) is 12.1. The Morgan fingerprint density at radius 3 is 3.00 bits per heavy atom. The summed E-state index contributed by atoms with van der Waals surface area (Å²) in [6, 6.07) is 4.65. The predicted octanol–water partition coefficient (Wildman–Crippen LogP) is 1.55. The summed E-state index contributed by atoms with van der Waals surface area (Å²) >= 11 is 1.88. The van der Waals surface area contributed by atoms with Crippen LogP contribution in [0, 0.1) is 0 Å². The number of nitrogens with two attached hydrogens (primary N) is 1. The summed E-state index contributed by atoms with van der Waals surface area (Å²) in [5.74, 6) is 0.899. The Kier molecular flexibility index (Phi) is 3.47. The minimum Gasteiger partial charge on any atom is -0.506 e. The van der Waals surface area contributed by atoms with Crippen molar-refractivity contribution in [3.05, 3.63) is 23.8 Å². The van der Waals surface area contributed by atoms with Crippen LogP contribution < -0.4 is 5.73 Å². The first-order chi connectivity index (χ1) is 8.08. The van der Waals surface area contributed by atoms with E-state index in [1.54, 1.807) is 12.1 Å². The van der Waals surface area contributed by atoms with E-state index in [-0.39, 0.29) is 11.7 Å². The van der Waals surface area contributed by atoms with Crippen molar-refractivity contribution in [3.8, 4) is 5.75 Å². The molecule has 1 aliphatic heterocycles. The maximum atomic E-state index is 12.2. The number of anilines is 1. The van der Waals surface area contributed by atoms with E-state index < -0.39 is 0 Å². The van der Waals surface area contributed by atoms with Crippen molar-refractivity contribution in [1.82, 2.24) is 4.90 Å². The molecular formula is C12H16N2O2S. The lowest BCUT2D eigenvalue weighted by atomic mass is 10.1. The number of hydrogen-bond acceptors (Lipinski definition) is 4. The van der Waals surface area contributed by atoms with Gasteiger partial charge in [-0.05, 0) is 18.2 Å². The molecule has 2 rings (SSSR count). The molecular weight excluding hydrogens is 236 g/mol. The van der Waals surface area contributed by atoms with E-state index in [2.05, 4.69) is 6.92 Å². The van der Waals surface area contributed by atoms with Gasteiger partial charge in [0.1, 0.15) is 5.75 Å². The van der Waals surface area contributed by atoms with Crippen molar-refractivity contribution in [2.45, 2.75) is 12.2 Å².